The third-order valence-corrected chi connectivity index (χ3v) is 1.24. The van der Waals surface area contributed by atoms with Gasteiger partial charge in [-0.25, -0.2) is 0 Å². The van der Waals surface area contributed by atoms with Crippen LogP contribution in [0.15, 0.2) is 12.7 Å². The molecule has 11 heavy (non-hydrogen) atoms. The zero-order valence-electron chi connectivity index (χ0n) is 6.46. The smallest absolute Gasteiger partial charge is 0.170 e. The second-order valence-corrected chi connectivity index (χ2v) is 2.23. The first kappa shape index (κ1) is 9.64. The van der Waals surface area contributed by atoms with Crippen LogP contribution in [0.25, 0.3) is 0 Å². The third-order valence-electron chi connectivity index (χ3n) is 1.24. The van der Waals surface area contributed by atoms with E-state index >= 15 is 0 Å². The molecule has 0 aliphatic rings. The predicted molar refractivity (Wildman–Crippen MR) is 42.8 cm³/mol. The molecule has 0 amide bonds. The van der Waals surface area contributed by atoms with E-state index in [4.69, 9.17) is 6.42 Å². The van der Waals surface area contributed by atoms with Crippen molar-refractivity contribution in [2.24, 2.45) is 5.92 Å². The van der Waals surface area contributed by atoms with Crippen LogP contribution in [0.5, 0.6) is 0 Å². The SMILES string of the molecule is C#CC(CC(C)=O)C(=O)C=C. The molecule has 0 fully saturated rings. The lowest BCUT2D eigenvalue weighted by atomic mass is 9.99. The maximum Gasteiger partial charge on any atom is 0.170 e. The normalized spacial score (nSPS) is 11.3. The van der Waals surface area contributed by atoms with E-state index in [0.717, 1.165) is 6.08 Å². The van der Waals surface area contributed by atoms with Crippen LogP contribution in [0.2, 0.25) is 0 Å². The lowest BCUT2D eigenvalue weighted by Crippen LogP contribution is -2.12. The quantitative estimate of drug-likeness (QED) is 0.442. The zero-order chi connectivity index (χ0) is 8.85. The molecule has 0 aliphatic carbocycles. The number of hydrogen-bond acceptors (Lipinski definition) is 2. The first-order valence-electron chi connectivity index (χ1n) is 3.23. The van der Waals surface area contributed by atoms with Crippen LogP contribution in [-0.4, -0.2) is 11.6 Å². The van der Waals surface area contributed by atoms with E-state index in [-0.39, 0.29) is 18.0 Å². The van der Waals surface area contributed by atoms with Crippen LogP contribution >= 0.6 is 0 Å². The summed E-state index contributed by atoms with van der Waals surface area (Å²) in [6.45, 7) is 4.68. The molecule has 0 aliphatic heterocycles. The highest BCUT2D eigenvalue weighted by Crippen LogP contribution is 2.03. The van der Waals surface area contributed by atoms with Gasteiger partial charge in [0.2, 0.25) is 0 Å². The molecular formula is C9H10O2. The average Bonchev–Trinajstić information content (AvgIpc) is 1.98. The summed E-state index contributed by atoms with van der Waals surface area (Å²) < 4.78 is 0. The Kier molecular flexibility index (Phi) is 3.90. The molecule has 1 atom stereocenters. The van der Waals surface area contributed by atoms with Gasteiger partial charge in [0.25, 0.3) is 0 Å². The molecule has 0 aromatic rings. The van der Waals surface area contributed by atoms with E-state index in [1.165, 1.54) is 6.92 Å². The number of allylic oxidation sites excluding steroid dienone is 1. The Hall–Kier alpha value is -1.36. The van der Waals surface area contributed by atoms with Crippen molar-refractivity contribution in [2.45, 2.75) is 13.3 Å². The molecule has 0 saturated carbocycles. The average molecular weight is 150 g/mol. The summed E-state index contributed by atoms with van der Waals surface area (Å²) in [6, 6.07) is 0. The Bertz CT molecular complexity index is 220. The summed E-state index contributed by atoms with van der Waals surface area (Å²) in [4.78, 5) is 21.4. The molecule has 0 radical (unpaired) electrons. The lowest BCUT2D eigenvalue weighted by Gasteiger charge is -2.01. The Morgan fingerprint density at radius 2 is 2.27 bits per heavy atom. The number of ketones is 2. The fourth-order valence-electron chi connectivity index (χ4n) is 0.671. The first-order valence-corrected chi connectivity index (χ1v) is 3.23. The van der Waals surface area contributed by atoms with Gasteiger partial charge in [-0.1, -0.05) is 12.5 Å². The summed E-state index contributed by atoms with van der Waals surface area (Å²) in [6.07, 6.45) is 6.29. The fraction of sp³-hybridized carbons (Fsp3) is 0.333. The van der Waals surface area contributed by atoms with Gasteiger partial charge >= 0.3 is 0 Å². The van der Waals surface area contributed by atoms with Crippen molar-refractivity contribution in [3.8, 4) is 12.3 Å². The highest BCUT2D eigenvalue weighted by atomic mass is 16.1. The van der Waals surface area contributed by atoms with Crippen molar-refractivity contribution >= 4 is 11.6 Å². The number of terminal acetylenes is 1. The molecule has 0 bridgehead atoms. The molecule has 1 unspecified atom stereocenters. The monoisotopic (exact) mass is 150 g/mol. The minimum atomic E-state index is -0.620. The highest BCUT2D eigenvalue weighted by Gasteiger charge is 2.13. The van der Waals surface area contributed by atoms with Crippen LogP contribution in [-0.2, 0) is 9.59 Å². The van der Waals surface area contributed by atoms with Crippen molar-refractivity contribution < 1.29 is 9.59 Å². The molecule has 0 heterocycles. The number of Topliss-reactive ketones (excluding diaryl/α,β-unsaturated/α-hetero) is 1. The van der Waals surface area contributed by atoms with Crippen molar-refractivity contribution in [3.63, 3.8) is 0 Å². The van der Waals surface area contributed by atoms with E-state index in [1.807, 2.05) is 0 Å². The molecule has 2 nitrogen and oxygen atoms in total. The summed E-state index contributed by atoms with van der Waals surface area (Å²) in [7, 11) is 0. The minimum Gasteiger partial charge on any atom is -0.300 e. The summed E-state index contributed by atoms with van der Waals surface area (Å²) in [5.41, 5.74) is 0. The Morgan fingerprint density at radius 1 is 1.73 bits per heavy atom. The van der Waals surface area contributed by atoms with Gasteiger partial charge in [0.1, 0.15) is 5.78 Å². The molecule has 0 aromatic heterocycles. The predicted octanol–water partition coefficient (Wildman–Crippen LogP) is 0.970. The minimum absolute atomic E-state index is 0.0804. The van der Waals surface area contributed by atoms with Gasteiger partial charge in [-0.15, -0.1) is 6.42 Å². The standard InChI is InChI=1S/C9H10O2/c1-4-8(6-7(3)10)9(11)5-2/h1,5,8H,2,6H2,3H3. The van der Waals surface area contributed by atoms with Gasteiger partial charge < -0.3 is 0 Å². The van der Waals surface area contributed by atoms with Crippen LogP contribution in [0, 0.1) is 18.3 Å². The summed E-state index contributed by atoms with van der Waals surface area (Å²) >= 11 is 0. The molecule has 2 heteroatoms. The number of rotatable bonds is 4. The van der Waals surface area contributed by atoms with Crippen LogP contribution in [0.1, 0.15) is 13.3 Å². The topological polar surface area (TPSA) is 34.1 Å². The van der Waals surface area contributed by atoms with Crippen LogP contribution in [0.3, 0.4) is 0 Å². The largest absolute Gasteiger partial charge is 0.300 e. The van der Waals surface area contributed by atoms with Crippen molar-refractivity contribution in [1.29, 1.82) is 0 Å². The lowest BCUT2D eigenvalue weighted by molar-refractivity contribution is -0.122. The van der Waals surface area contributed by atoms with Gasteiger partial charge in [0.15, 0.2) is 5.78 Å². The van der Waals surface area contributed by atoms with Gasteiger partial charge in [0, 0.05) is 6.42 Å². The van der Waals surface area contributed by atoms with Gasteiger partial charge in [-0.05, 0) is 13.0 Å². The molecule has 0 N–H and O–H groups in total. The van der Waals surface area contributed by atoms with E-state index in [2.05, 4.69) is 12.5 Å². The van der Waals surface area contributed by atoms with Crippen molar-refractivity contribution in [2.75, 3.05) is 0 Å². The second kappa shape index (κ2) is 4.45. The van der Waals surface area contributed by atoms with Crippen LogP contribution < -0.4 is 0 Å². The molecule has 0 aromatic carbocycles. The van der Waals surface area contributed by atoms with Gasteiger partial charge in [0.05, 0.1) is 5.92 Å². The maximum atomic E-state index is 10.9. The summed E-state index contributed by atoms with van der Waals surface area (Å²) in [5.74, 6) is 1.28. The Labute approximate surface area is 66.3 Å². The van der Waals surface area contributed by atoms with Gasteiger partial charge in [-0.2, -0.15) is 0 Å². The first-order chi connectivity index (χ1) is 5.11. The van der Waals surface area contributed by atoms with Crippen LogP contribution in [0.4, 0.5) is 0 Å². The number of carbonyl (C=O) groups excluding carboxylic acids is 2. The zero-order valence-corrected chi connectivity index (χ0v) is 6.46. The third kappa shape index (κ3) is 3.36. The molecule has 0 spiro atoms. The number of carbonyl (C=O) groups is 2. The second-order valence-electron chi connectivity index (χ2n) is 2.23. The number of hydrogen-bond donors (Lipinski definition) is 0. The fourth-order valence-corrected chi connectivity index (χ4v) is 0.671. The van der Waals surface area contributed by atoms with Crippen molar-refractivity contribution in [3.05, 3.63) is 12.7 Å². The molecule has 58 valence electrons. The molecule has 0 rings (SSSR count). The van der Waals surface area contributed by atoms with E-state index in [9.17, 15) is 9.59 Å². The van der Waals surface area contributed by atoms with E-state index < -0.39 is 5.92 Å². The maximum absolute atomic E-state index is 10.9. The molecule has 0 saturated heterocycles. The van der Waals surface area contributed by atoms with E-state index in [0.29, 0.717) is 0 Å². The van der Waals surface area contributed by atoms with Gasteiger partial charge in [-0.3, -0.25) is 9.59 Å². The summed E-state index contributed by atoms with van der Waals surface area (Å²) in [5, 5.41) is 0. The Balaban J connectivity index is 4.20. The Morgan fingerprint density at radius 3 is 2.55 bits per heavy atom. The molecular weight excluding hydrogens is 140 g/mol. The highest BCUT2D eigenvalue weighted by molar-refractivity contribution is 5.96. The van der Waals surface area contributed by atoms with Crippen molar-refractivity contribution in [1.82, 2.24) is 0 Å². The van der Waals surface area contributed by atoms with E-state index in [1.54, 1.807) is 0 Å².